The number of hydrogen-bond acceptors (Lipinski definition) is 3. The SMILES string of the molecule is CCC1CC1NC(=O)c1ccc(CN)cn1. The Morgan fingerprint density at radius 3 is 2.94 bits per heavy atom. The van der Waals surface area contributed by atoms with Crippen molar-refractivity contribution in [3.8, 4) is 0 Å². The van der Waals surface area contributed by atoms with E-state index in [9.17, 15) is 4.79 Å². The molecule has 4 heteroatoms. The molecule has 4 nitrogen and oxygen atoms in total. The van der Waals surface area contributed by atoms with Gasteiger partial charge in [-0.05, 0) is 24.0 Å². The second-order valence-electron chi connectivity index (χ2n) is 4.24. The first-order valence-electron chi connectivity index (χ1n) is 5.70. The summed E-state index contributed by atoms with van der Waals surface area (Å²) in [5.41, 5.74) is 6.87. The Morgan fingerprint density at radius 2 is 2.44 bits per heavy atom. The van der Waals surface area contributed by atoms with Gasteiger partial charge in [-0.15, -0.1) is 0 Å². The molecule has 0 bridgehead atoms. The zero-order valence-electron chi connectivity index (χ0n) is 9.44. The van der Waals surface area contributed by atoms with Crippen molar-refractivity contribution in [1.82, 2.24) is 10.3 Å². The van der Waals surface area contributed by atoms with Gasteiger partial charge >= 0.3 is 0 Å². The van der Waals surface area contributed by atoms with Gasteiger partial charge in [0.05, 0.1) is 0 Å². The number of amides is 1. The van der Waals surface area contributed by atoms with Crippen LogP contribution in [0, 0.1) is 5.92 Å². The summed E-state index contributed by atoms with van der Waals surface area (Å²) in [6, 6.07) is 3.92. The van der Waals surface area contributed by atoms with Crippen molar-refractivity contribution in [2.24, 2.45) is 11.7 Å². The Bertz CT molecular complexity index is 374. The molecule has 0 aromatic carbocycles. The lowest BCUT2D eigenvalue weighted by atomic mass is 10.2. The van der Waals surface area contributed by atoms with Crippen LogP contribution in [0.15, 0.2) is 18.3 Å². The maximum absolute atomic E-state index is 11.8. The molecule has 1 fully saturated rings. The molecule has 2 rings (SSSR count). The third-order valence-corrected chi connectivity index (χ3v) is 3.06. The van der Waals surface area contributed by atoms with Crippen molar-refractivity contribution >= 4 is 5.91 Å². The summed E-state index contributed by atoms with van der Waals surface area (Å²) in [4.78, 5) is 15.8. The molecule has 1 heterocycles. The number of aromatic nitrogens is 1. The largest absolute Gasteiger partial charge is 0.348 e. The molecule has 1 aromatic heterocycles. The molecule has 2 atom stereocenters. The van der Waals surface area contributed by atoms with Crippen LogP contribution in [-0.4, -0.2) is 16.9 Å². The first-order chi connectivity index (χ1) is 7.74. The Balaban J connectivity index is 1.93. The van der Waals surface area contributed by atoms with Gasteiger partial charge in [-0.3, -0.25) is 9.78 Å². The Hall–Kier alpha value is -1.42. The number of carbonyl (C=O) groups is 1. The van der Waals surface area contributed by atoms with Crippen molar-refractivity contribution in [3.05, 3.63) is 29.6 Å². The first kappa shape index (κ1) is 11.1. The third kappa shape index (κ3) is 2.39. The highest BCUT2D eigenvalue weighted by Gasteiger charge is 2.36. The van der Waals surface area contributed by atoms with Crippen molar-refractivity contribution in [3.63, 3.8) is 0 Å². The fourth-order valence-corrected chi connectivity index (χ4v) is 1.80. The van der Waals surface area contributed by atoms with Gasteiger partial charge in [-0.25, -0.2) is 0 Å². The number of rotatable bonds is 4. The summed E-state index contributed by atoms with van der Waals surface area (Å²) in [6.07, 6.45) is 3.88. The van der Waals surface area contributed by atoms with Gasteiger partial charge in [0.2, 0.25) is 0 Å². The molecule has 3 N–H and O–H groups in total. The lowest BCUT2D eigenvalue weighted by molar-refractivity contribution is 0.0944. The Labute approximate surface area is 95.3 Å². The summed E-state index contributed by atoms with van der Waals surface area (Å²) < 4.78 is 0. The highest BCUT2D eigenvalue weighted by Crippen LogP contribution is 2.33. The van der Waals surface area contributed by atoms with Crippen molar-refractivity contribution in [2.75, 3.05) is 0 Å². The molecule has 1 aliphatic carbocycles. The van der Waals surface area contributed by atoms with Crippen LogP contribution in [-0.2, 0) is 6.54 Å². The first-order valence-corrected chi connectivity index (χ1v) is 5.70. The van der Waals surface area contributed by atoms with E-state index in [2.05, 4.69) is 17.2 Å². The third-order valence-electron chi connectivity index (χ3n) is 3.06. The van der Waals surface area contributed by atoms with Crippen molar-refractivity contribution in [1.29, 1.82) is 0 Å². The van der Waals surface area contributed by atoms with Crippen LogP contribution in [0.1, 0.15) is 35.8 Å². The molecule has 0 saturated heterocycles. The molecule has 1 saturated carbocycles. The fourth-order valence-electron chi connectivity index (χ4n) is 1.80. The molecular weight excluding hydrogens is 202 g/mol. The van der Waals surface area contributed by atoms with Crippen molar-refractivity contribution < 1.29 is 4.79 Å². The lowest BCUT2D eigenvalue weighted by Crippen LogP contribution is -2.27. The van der Waals surface area contributed by atoms with Gasteiger partial charge in [0.1, 0.15) is 5.69 Å². The van der Waals surface area contributed by atoms with Crippen LogP contribution in [0.2, 0.25) is 0 Å². The normalized spacial score (nSPS) is 22.9. The van der Waals surface area contributed by atoms with E-state index in [4.69, 9.17) is 5.73 Å². The average molecular weight is 219 g/mol. The predicted octanol–water partition coefficient (Wildman–Crippen LogP) is 1.07. The zero-order chi connectivity index (χ0) is 11.5. The van der Waals surface area contributed by atoms with E-state index in [1.807, 2.05) is 6.07 Å². The molecule has 2 unspecified atom stereocenters. The van der Waals surface area contributed by atoms with E-state index in [1.165, 1.54) is 0 Å². The standard InChI is InChI=1S/C12H17N3O/c1-2-9-5-11(9)15-12(16)10-4-3-8(6-13)7-14-10/h3-4,7,9,11H,2,5-6,13H2,1H3,(H,15,16). The minimum Gasteiger partial charge on any atom is -0.348 e. The lowest BCUT2D eigenvalue weighted by Gasteiger charge is -2.04. The topological polar surface area (TPSA) is 68.0 Å². The van der Waals surface area contributed by atoms with Gasteiger partial charge in [0, 0.05) is 18.8 Å². The number of pyridine rings is 1. The summed E-state index contributed by atoms with van der Waals surface area (Å²) in [6.45, 7) is 2.60. The Morgan fingerprint density at radius 1 is 1.62 bits per heavy atom. The van der Waals surface area contributed by atoms with Crippen LogP contribution < -0.4 is 11.1 Å². The zero-order valence-corrected chi connectivity index (χ0v) is 9.44. The van der Waals surface area contributed by atoms with Crippen LogP contribution in [0.25, 0.3) is 0 Å². The Kier molecular flexibility index (Phi) is 3.19. The second-order valence-corrected chi connectivity index (χ2v) is 4.24. The van der Waals surface area contributed by atoms with E-state index in [0.717, 1.165) is 18.4 Å². The monoisotopic (exact) mass is 219 g/mol. The number of hydrogen-bond donors (Lipinski definition) is 2. The smallest absolute Gasteiger partial charge is 0.270 e. The van der Waals surface area contributed by atoms with Gasteiger partial charge in [0.15, 0.2) is 0 Å². The van der Waals surface area contributed by atoms with Gasteiger partial charge < -0.3 is 11.1 Å². The van der Waals surface area contributed by atoms with E-state index in [0.29, 0.717) is 24.2 Å². The average Bonchev–Trinajstić information content (AvgIpc) is 3.07. The molecule has 16 heavy (non-hydrogen) atoms. The highest BCUT2D eigenvalue weighted by atomic mass is 16.2. The van der Waals surface area contributed by atoms with Crippen LogP contribution in [0.3, 0.4) is 0 Å². The van der Waals surface area contributed by atoms with Crippen molar-refractivity contribution in [2.45, 2.75) is 32.4 Å². The molecule has 0 radical (unpaired) electrons. The molecule has 1 aromatic rings. The van der Waals surface area contributed by atoms with E-state index < -0.39 is 0 Å². The molecular formula is C12H17N3O. The number of nitrogens with zero attached hydrogens (tertiary/aromatic N) is 1. The maximum atomic E-state index is 11.8. The van der Waals surface area contributed by atoms with Gasteiger partial charge in [-0.1, -0.05) is 19.4 Å². The quantitative estimate of drug-likeness (QED) is 0.796. The predicted molar refractivity (Wildman–Crippen MR) is 61.8 cm³/mol. The maximum Gasteiger partial charge on any atom is 0.270 e. The number of nitrogens with one attached hydrogen (secondary N) is 1. The minimum absolute atomic E-state index is 0.0791. The fraction of sp³-hybridized carbons (Fsp3) is 0.500. The van der Waals surface area contributed by atoms with E-state index in [-0.39, 0.29) is 5.91 Å². The highest BCUT2D eigenvalue weighted by molar-refractivity contribution is 5.92. The molecule has 0 aliphatic heterocycles. The summed E-state index contributed by atoms with van der Waals surface area (Å²) in [7, 11) is 0. The van der Waals surface area contributed by atoms with Gasteiger partial charge in [0.25, 0.3) is 5.91 Å². The summed E-state index contributed by atoms with van der Waals surface area (Å²) in [5.74, 6) is 0.580. The number of nitrogens with two attached hydrogens (primary N) is 1. The molecule has 1 aliphatic rings. The molecule has 0 spiro atoms. The minimum atomic E-state index is -0.0791. The summed E-state index contributed by atoms with van der Waals surface area (Å²) >= 11 is 0. The second kappa shape index (κ2) is 4.61. The van der Waals surface area contributed by atoms with Crippen LogP contribution >= 0.6 is 0 Å². The van der Waals surface area contributed by atoms with Crippen LogP contribution in [0.5, 0.6) is 0 Å². The van der Waals surface area contributed by atoms with Crippen LogP contribution in [0.4, 0.5) is 0 Å². The van der Waals surface area contributed by atoms with E-state index >= 15 is 0 Å². The molecule has 1 amide bonds. The molecule has 86 valence electrons. The summed E-state index contributed by atoms with van der Waals surface area (Å²) in [5, 5.41) is 2.98. The number of carbonyl (C=O) groups excluding carboxylic acids is 1. The van der Waals surface area contributed by atoms with E-state index in [1.54, 1.807) is 12.3 Å². The van der Waals surface area contributed by atoms with Gasteiger partial charge in [-0.2, -0.15) is 0 Å².